The zero-order valence-electron chi connectivity index (χ0n) is 16.5. The quantitative estimate of drug-likeness (QED) is 0.526. The first kappa shape index (κ1) is 23.1. The molecule has 0 spiro atoms. The SMILES string of the molecule is CC(=O)Nc1ccc(S[C@@H]2SC[C@@H](OC(C)=O)[C@H](OC(C)=O)[C@H]2OC(C)=O)cc1. The molecule has 0 radical (unpaired) electrons. The van der Waals surface area contributed by atoms with Crippen LogP contribution >= 0.6 is 23.5 Å². The van der Waals surface area contributed by atoms with Crippen molar-refractivity contribution in [2.45, 2.75) is 55.5 Å². The van der Waals surface area contributed by atoms with Crippen LogP contribution in [-0.2, 0) is 33.4 Å². The zero-order valence-corrected chi connectivity index (χ0v) is 18.1. The van der Waals surface area contributed by atoms with Gasteiger partial charge in [-0.15, -0.1) is 23.5 Å². The van der Waals surface area contributed by atoms with Crippen molar-refractivity contribution < 1.29 is 33.4 Å². The summed E-state index contributed by atoms with van der Waals surface area (Å²) < 4.78 is 15.9. The van der Waals surface area contributed by atoms with Crippen LogP contribution in [0.1, 0.15) is 27.7 Å². The number of rotatable bonds is 6. The van der Waals surface area contributed by atoms with E-state index in [1.807, 2.05) is 12.1 Å². The highest BCUT2D eigenvalue weighted by atomic mass is 32.2. The van der Waals surface area contributed by atoms with Crippen molar-refractivity contribution >= 4 is 53.0 Å². The molecule has 1 heterocycles. The first-order valence-corrected chi connectivity index (χ1v) is 10.8. The summed E-state index contributed by atoms with van der Waals surface area (Å²) in [6, 6.07) is 7.20. The zero-order chi connectivity index (χ0) is 21.6. The van der Waals surface area contributed by atoms with Crippen LogP contribution in [0.3, 0.4) is 0 Å². The van der Waals surface area contributed by atoms with Crippen molar-refractivity contribution in [3.8, 4) is 0 Å². The van der Waals surface area contributed by atoms with Crippen LogP contribution in [0.4, 0.5) is 5.69 Å². The molecule has 1 saturated heterocycles. The first-order valence-electron chi connectivity index (χ1n) is 8.83. The fourth-order valence-electron chi connectivity index (χ4n) is 2.76. The summed E-state index contributed by atoms with van der Waals surface area (Å²) in [5, 5.41) is 2.69. The smallest absolute Gasteiger partial charge is 0.303 e. The van der Waals surface area contributed by atoms with E-state index < -0.39 is 36.2 Å². The van der Waals surface area contributed by atoms with Crippen LogP contribution in [0, 0.1) is 0 Å². The number of anilines is 1. The molecule has 10 heteroatoms. The van der Waals surface area contributed by atoms with Gasteiger partial charge in [-0.25, -0.2) is 0 Å². The number of benzene rings is 1. The van der Waals surface area contributed by atoms with Crippen LogP contribution < -0.4 is 5.32 Å². The van der Waals surface area contributed by atoms with Gasteiger partial charge in [0.05, 0.1) is 4.58 Å². The van der Waals surface area contributed by atoms with Gasteiger partial charge in [-0.1, -0.05) is 0 Å². The monoisotopic (exact) mass is 441 g/mol. The largest absolute Gasteiger partial charge is 0.458 e. The standard InChI is InChI=1S/C19H23NO7S2/c1-10(21)20-14-5-7-15(8-6-14)29-19-18(27-13(4)24)17(26-12(3)23)16(9-28-19)25-11(2)22/h5-8,16-19H,9H2,1-4H3,(H,20,21)/t16-,17+,18-,19+/m1/s1. The number of carbonyl (C=O) groups is 4. The first-order chi connectivity index (χ1) is 13.7. The number of esters is 3. The summed E-state index contributed by atoms with van der Waals surface area (Å²) >= 11 is 2.89. The highest BCUT2D eigenvalue weighted by Crippen LogP contribution is 2.42. The molecule has 0 aliphatic carbocycles. The number of amides is 1. The lowest BCUT2D eigenvalue weighted by Crippen LogP contribution is -2.53. The second-order valence-electron chi connectivity index (χ2n) is 6.32. The number of nitrogens with one attached hydrogen (secondary N) is 1. The third-order valence-electron chi connectivity index (χ3n) is 3.73. The van der Waals surface area contributed by atoms with E-state index in [1.165, 1.54) is 51.2 Å². The second-order valence-corrected chi connectivity index (χ2v) is 9.01. The van der Waals surface area contributed by atoms with E-state index in [4.69, 9.17) is 14.2 Å². The summed E-state index contributed by atoms with van der Waals surface area (Å²) in [7, 11) is 0. The van der Waals surface area contributed by atoms with Gasteiger partial charge in [-0.05, 0) is 24.3 Å². The molecule has 0 aromatic heterocycles. The minimum Gasteiger partial charge on any atom is -0.458 e. The minimum absolute atomic E-state index is 0.163. The number of thioether (sulfide) groups is 2. The van der Waals surface area contributed by atoms with Gasteiger partial charge in [0.1, 0.15) is 0 Å². The maximum absolute atomic E-state index is 11.7. The molecule has 1 aromatic rings. The van der Waals surface area contributed by atoms with Crippen molar-refractivity contribution in [3.05, 3.63) is 24.3 Å². The molecule has 0 bridgehead atoms. The van der Waals surface area contributed by atoms with Gasteiger partial charge in [-0.3, -0.25) is 19.2 Å². The number of carbonyl (C=O) groups excluding carboxylic acids is 4. The molecular formula is C19H23NO7S2. The third-order valence-corrected chi connectivity index (χ3v) is 6.59. The average Bonchev–Trinajstić information content (AvgIpc) is 2.60. The lowest BCUT2D eigenvalue weighted by atomic mass is 10.1. The molecule has 4 atom stereocenters. The lowest BCUT2D eigenvalue weighted by molar-refractivity contribution is -0.180. The van der Waals surface area contributed by atoms with Crippen molar-refractivity contribution in [3.63, 3.8) is 0 Å². The van der Waals surface area contributed by atoms with Crippen molar-refractivity contribution in [1.82, 2.24) is 0 Å². The van der Waals surface area contributed by atoms with E-state index in [9.17, 15) is 19.2 Å². The highest BCUT2D eigenvalue weighted by molar-refractivity contribution is 8.17. The summed E-state index contributed by atoms with van der Waals surface area (Å²) in [5.74, 6) is -1.36. The van der Waals surface area contributed by atoms with Crippen LogP contribution in [0.2, 0.25) is 0 Å². The van der Waals surface area contributed by atoms with Crippen LogP contribution in [0.5, 0.6) is 0 Å². The maximum Gasteiger partial charge on any atom is 0.303 e. The predicted molar refractivity (Wildman–Crippen MR) is 110 cm³/mol. The summed E-state index contributed by atoms with van der Waals surface area (Å²) in [4.78, 5) is 46.8. The number of ether oxygens (including phenoxy) is 3. The third kappa shape index (κ3) is 7.28. The van der Waals surface area contributed by atoms with E-state index in [0.29, 0.717) is 11.4 Å². The number of hydrogen-bond donors (Lipinski definition) is 1. The van der Waals surface area contributed by atoms with Gasteiger partial charge >= 0.3 is 17.9 Å². The molecule has 1 aliphatic rings. The summed E-state index contributed by atoms with van der Waals surface area (Å²) in [6.07, 6.45) is -2.43. The topological polar surface area (TPSA) is 108 Å². The Morgan fingerprint density at radius 2 is 1.45 bits per heavy atom. The Hall–Kier alpha value is -2.20. The molecular weight excluding hydrogens is 418 g/mol. The predicted octanol–water partition coefficient (Wildman–Crippen LogP) is 2.61. The maximum atomic E-state index is 11.7. The fraction of sp³-hybridized carbons (Fsp3) is 0.474. The Morgan fingerprint density at radius 1 is 0.897 bits per heavy atom. The van der Waals surface area contributed by atoms with E-state index in [-0.39, 0.29) is 10.5 Å². The van der Waals surface area contributed by atoms with Gasteiger partial charge in [0.2, 0.25) is 5.91 Å². The van der Waals surface area contributed by atoms with Gasteiger partial charge in [0.15, 0.2) is 18.3 Å². The Morgan fingerprint density at radius 3 is 1.97 bits per heavy atom. The normalized spacial score (nSPS) is 23.6. The van der Waals surface area contributed by atoms with E-state index >= 15 is 0 Å². The highest BCUT2D eigenvalue weighted by Gasteiger charge is 2.46. The van der Waals surface area contributed by atoms with Crippen LogP contribution in [0.15, 0.2) is 29.2 Å². The molecule has 1 fully saturated rings. The molecule has 1 N–H and O–H groups in total. The lowest BCUT2D eigenvalue weighted by Gasteiger charge is -2.39. The Labute approximate surface area is 177 Å². The van der Waals surface area contributed by atoms with Gasteiger partial charge in [-0.2, -0.15) is 0 Å². The Bertz CT molecular complexity index is 768. The van der Waals surface area contributed by atoms with Gasteiger partial charge in [0, 0.05) is 44.0 Å². The Kier molecular flexibility index (Phi) is 8.39. The van der Waals surface area contributed by atoms with E-state index in [2.05, 4.69) is 5.32 Å². The fourth-order valence-corrected chi connectivity index (χ4v) is 5.55. The molecule has 0 unspecified atom stereocenters. The molecule has 158 valence electrons. The minimum atomic E-state index is -0.905. The second kappa shape index (κ2) is 10.5. The van der Waals surface area contributed by atoms with Crippen LogP contribution in [-0.4, -0.2) is 52.5 Å². The molecule has 1 aromatic carbocycles. The van der Waals surface area contributed by atoms with Crippen molar-refractivity contribution in [2.75, 3.05) is 11.1 Å². The molecule has 8 nitrogen and oxygen atoms in total. The Balaban J connectivity index is 2.22. The van der Waals surface area contributed by atoms with Crippen LogP contribution in [0.25, 0.3) is 0 Å². The van der Waals surface area contributed by atoms with Crippen molar-refractivity contribution in [2.24, 2.45) is 0 Å². The molecule has 2 rings (SSSR count). The van der Waals surface area contributed by atoms with Gasteiger partial charge in [0.25, 0.3) is 0 Å². The van der Waals surface area contributed by atoms with E-state index in [1.54, 1.807) is 12.1 Å². The van der Waals surface area contributed by atoms with E-state index in [0.717, 1.165) is 4.90 Å². The summed E-state index contributed by atoms with van der Waals surface area (Å²) in [6.45, 7) is 5.22. The average molecular weight is 442 g/mol. The molecule has 1 aliphatic heterocycles. The summed E-state index contributed by atoms with van der Waals surface area (Å²) in [5.41, 5.74) is 0.669. The molecule has 0 saturated carbocycles. The van der Waals surface area contributed by atoms with Crippen molar-refractivity contribution in [1.29, 1.82) is 0 Å². The molecule has 29 heavy (non-hydrogen) atoms. The number of hydrogen-bond acceptors (Lipinski definition) is 9. The molecule has 1 amide bonds. The van der Waals surface area contributed by atoms with Gasteiger partial charge < -0.3 is 19.5 Å².